The Kier molecular flexibility index (Phi) is 2.56. The summed E-state index contributed by atoms with van der Waals surface area (Å²) in [6, 6.07) is 9.50. The van der Waals surface area contributed by atoms with Crippen molar-refractivity contribution in [2.24, 2.45) is 7.05 Å². The molecule has 6 nitrogen and oxygen atoms in total. The van der Waals surface area contributed by atoms with Gasteiger partial charge in [-0.2, -0.15) is 4.98 Å². The van der Waals surface area contributed by atoms with E-state index in [0.717, 1.165) is 11.5 Å². The largest absolute Gasteiger partial charge is 0.491 e. The molecule has 0 amide bonds. The number of rotatable bonds is 2. The van der Waals surface area contributed by atoms with Gasteiger partial charge in [-0.15, -0.1) is 0 Å². The lowest BCUT2D eigenvalue weighted by molar-refractivity contribution is 0.456. The third-order valence-corrected chi connectivity index (χ3v) is 2.95. The van der Waals surface area contributed by atoms with Gasteiger partial charge in [0.15, 0.2) is 11.5 Å². The molecule has 0 spiro atoms. The van der Waals surface area contributed by atoms with Crippen LogP contribution in [0.5, 0.6) is 5.88 Å². The molecular weight excluding hydrogens is 242 g/mol. The first-order valence-electron chi connectivity index (χ1n) is 5.87. The molecule has 0 aliphatic heterocycles. The minimum atomic E-state index is -0.158. The number of aromatic hydroxyl groups is 1. The van der Waals surface area contributed by atoms with E-state index in [1.54, 1.807) is 0 Å². The standard InChI is InChI=1S/C13H13N5O/c1-8-14-10-12(18(8)2)16-11(13(19)17-10)15-9-6-4-3-5-7-9/h3-7H,1-2H3,(H,15,16)(H,17,19). The number of fused-ring (bicyclic) bond motifs is 1. The monoisotopic (exact) mass is 255 g/mol. The summed E-state index contributed by atoms with van der Waals surface area (Å²) in [7, 11) is 1.86. The predicted octanol–water partition coefficient (Wildman–Crippen LogP) is 2.12. The number of anilines is 2. The van der Waals surface area contributed by atoms with Gasteiger partial charge in [-0.3, -0.25) is 0 Å². The van der Waals surface area contributed by atoms with Gasteiger partial charge in [-0.1, -0.05) is 18.2 Å². The summed E-state index contributed by atoms with van der Waals surface area (Å²) >= 11 is 0. The second-order valence-corrected chi connectivity index (χ2v) is 4.25. The smallest absolute Gasteiger partial charge is 0.257 e. The van der Waals surface area contributed by atoms with E-state index in [0.29, 0.717) is 17.1 Å². The number of hydrogen-bond donors (Lipinski definition) is 2. The predicted molar refractivity (Wildman–Crippen MR) is 72.4 cm³/mol. The lowest BCUT2D eigenvalue weighted by Gasteiger charge is -2.06. The molecular formula is C13H13N5O. The fourth-order valence-corrected chi connectivity index (χ4v) is 1.83. The van der Waals surface area contributed by atoms with Gasteiger partial charge in [0.05, 0.1) is 0 Å². The molecule has 0 aliphatic rings. The first kappa shape index (κ1) is 11.5. The fourth-order valence-electron chi connectivity index (χ4n) is 1.83. The SMILES string of the molecule is Cc1nc2nc(O)c(Nc3ccccc3)nc2n1C. The van der Waals surface area contributed by atoms with Crippen LogP contribution in [0.3, 0.4) is 0 Å². The number of benzene rings is 1. The average Bonchev–Trinajstić information content (AvgIpc) is 2.67. The van der Waals surface area contributed by atoms with Crippen LogP contribution in [0.25, 0.3) is 11.3 Å². The van der Waals surface area contributed by atoms with Gasteiger partial charge in [0, 0.05) is 12.7 Å². The van der Waals surface area contributed by atoms with Crippen LogP contribution < -0.4 is 5.32 Å². The minimum absolute atomic E-state index is 0.158. The van der Waals surface area contributed by atoms with Crippen molar-refractivity contribution in [2.75, 3.05) is 5.32 Å². The quantitative estimate of drug-likeness (QED) is 0.733. The number of aromatic nitrogens is 4. The van der Waals surface area contributed by atoms with E-state index in [1.165, 1.54) is 0 Å². The van der Waals surface area contributed by atoms with Crippen LogP contribution in [0.2, 0.25) is 0 Å². The van der Waals surface area contributed by atoms with Crippen molar-refractivity contribution < 1.29 is 5.11 Å². The molecule has 0 saturated heterocycles. The Bertz CT molecular complexity index is 736. The van der Waals surface area contributed by atoms with E-state index in [1.807, 2.05) is 48.9 Å². The third-order valence-electron chi connectivity index (χ3n) is 2.95. The molecule has 0 atom stereocenters. The molecule has 1 aromatic carbocycles. The Morgan fingerprint density at radius 2 is 1.84 bits per heavy atom. The first-order valence-corrected chi connectivity index (χ1v) is 5.87. The number of nitrogens with zero attached hydrogens (tertiary/aromatic N) is 4. The van der Waals surface area contributed by atoms with E-state index in [-0.39, 0.29) is 5.88 Å². The molecule has 19 heavy (non-hydrogen) atoms. The van der Waals surface area contributed by atoms with E-state index >= 15 is 0 Å². The van der Waals surface area contributed by atoms with Crippen LogP contribution in [0, 0.1) is 6.92 Å². The van der Waals surface area contributed by atoms with Gasteiger partial charge in [0.2, 0.25) is 5.65 Å². The van der Waals surface area contributed by atoms with Crippen molar-refractivity contribution in [1.29, 1.82) is 0 Å². The lowest BCUT2D eigenvalue weighted by Crippen LogP contribution is -1.99. The summed E-state index contributed by atoms with van der Waals surface area (Å²) in [5.74, 6) is 0.961. The van der Waals surface area contributed by atoms with Gasteiger partial charge < -0.3 is 15.0 Å². The van der Waals surface area contributed by atoms with Crippen LogP contribution in [0.4, 0.5) is 11.5 Å². The van der Waals surface area contributed by atoms with Crippen molar-refractivity contribution in [3.63, 3.8) is 0 Å². The molecule has 0 unspecified atom stereocenters. The second-order valence-electron chi connectivity index (χ2n) is 4.25. The van der Waals surface area contributed by atoms with Crippen molar-refractivity contribution in [3.8, 4) is 5.88 Å². The van der Waals surface area contributed by atoms with Gasteiger partial charge in [0.1, 0.15) is 5.82 Å². The molecule has 2 aromatic heterocycles. The molecule has 6 heteroatoms. The summed E-state index contributed by atoms with van der Waals surface area (Å²) in [6.07, 6.45) is 0. The number of aryl methyl sites for hydroxylation is 2. The van der Waals surface area contributed by atoms with Gasteiger partial charge in [0.25, 0.3) is 5.88 Å². The van der Waals surface area contributed by atoms with Gasteiger partial charge in [-0.25, -0.2) is 9.97 Å². The van der Waals surface area contributed by atoms with Crippen LogP contribution in [0.1, 0.15) is 5.82 Å². The fraction of sp³-hybridized carbons (Fsp3) is 0.154. The highest BCUT2D eigenvalue weighted by Gasteiger charge is 2.13. The minimum Gasteiger partial charge on any atom is -0.491 e. The normalized spacial score (nSPS) is 10.8. The summed E-state index contributed by atoms with van der Waals surface area (Å²) < 4.78 is 1.83. The number of hydrogen-bond acceptors (Lipinski definition) is 5. The van der Waals surface area contributed by atoms with Crippen LogP contribution in [-0.4, -0.2) is 24.6 Å². The van der Waals surface area contributed by atoms with E-state index in [2.05, 4.69) is 20.3 Å². The lowest BCUT2D eigenvalue weighted by atomic mass is 10.3. The second kappa shape index (κ2) is 4.24. The maximum Gasteiger partial charge on any atom is 0.257 e. The topological polar surface area (TPSA) is 75.9 Å². The zero-order chi connectivity index (χ0) is 13.4. The maximum absolute atomic E-state index is 9.88. The van der Waals surface area contributed by atoms with Crippen molar-refractivity contribution in [1.82, 2.24) is 19.5 Å². The van der Waals surface area contributed by atoms with Crippen LogP contribution >= 0.6 is 0 Å². The highest BCUT2D eigenvalue weighted by Crippen LogP contribution is 2.25. The summed E-state index contributed by atoms with van der Waals surface area (Å²) in [4.78, 5) is 12.6. The maximum atomic E-state index is 9.88. The molecule has 0 aliphatic carbocycles. The Hall–Kier alpha value is -2.63. The molecule has 3 rings (SSSR count). The summed E-state index contributed by atoms with van der Waals surface area (Å²) in [6.45, 7) is 1.87. The van der Waals surface area contributed by atoms with Crippen LogP contribution in [-0.2, 0) is 7.05 Å². The van der Waals surface area contributed by atoms with Crippen molar-refractivity contribution in [2.45, 2.75) is 6.92 Å². The molecule has 0 fully saturated rings. The molecule has 3 aromatic rings. The molecule has 96 valence electrons. The highest BCUT2D eigenvalue weighted by molar-refractivity contribution is 5.73. The number of imidazole rings is 1. The van der Waals surface area contributed by atoms with Crippen LogP contribution in [0.15, 0.2) is 30.3 Å². The van der Waals surface area contributed by atoms with Gasteiger partial charge in [-0.05, 0) is 19.1 Å². The molecule has 2 N–H and O–H groups in total. The highest BCUT2D eigenvalue weighted by atomic mass is 16.3. The molecule has 0 radical (unpaired) electrons. The zero-order valence-electron chi connectivity index (χ0n) is 10.6. The summed E-state index contributed by atoms with van der Waals surface area (Å²) in [5.41, 5.74) is 1.91. The first-order chi connectivity index (χ1) is 9.15. The third kappa shape index (κ3) is 1.97. The Labute approximate surface area is 109 Å². The average molecular weight is 255 g/mol. The summed E-state index contributed by atoms with van der Waals surface area (Å²) in [5, 5.41) is 12.9. The Morgan fingerprint density at radius 3 is 2.58 bits per heavy atom. The zero-order valence-corrected chi connectivity index (χ0v) is 10.6. The van der Waals surface area contributed by atoms with Crippen molar-refractivity contribution >= 4 is 22.8 Å². The van der Waals surface area contributed by atoms with Crippen molar-refractivity contribution in [3.05, 3.63) is 36.2 Å². The van der Waals surface area contributed by atoms with E-state index in [4.69, 9.17) is 0 Å². The Morgan fingerprint density at radius 1 is 1.11 bits per heavy atom. The molecule has 0 saturated carbocycles. The van der Waals surface area contributed by atoms with Gasteiger partial charge >= 0.3 is 0 Å². The Balaban J connectivity index is 2.08. The number of nitrogens with one attached hydrogen (secondary N) is 1. The van der Waals surface area contributed by atoms with E-state index < -0.39 is 0 Å². The molecule has 0 bridgehead atoms. The molecule has 2 heterocycles. The number of para-hydroxylation sites is 1. The van der Waals surface area contributed by atoms with E-state index in [9.17, 15) is 5.11 Å².